The second kappa shape index (κ2) is 5.63. The van der Waals surface area contributed by atoms with Crippen LogP contribution in [-0.4, -0.2) is 37.4 Å². The van der Waals surface area contributed by atoms with Crippen LogP contribution >= 0.6 is 0 Å². The van der Waals surface area contributed by atoms with Gasteiger partial charge in [-0.25, -0.2) is 0 Å². The summed E-state index contributed by atoms with van der Waals surface area (Å²) in [5.74, 6) is -1.76. The van der Waals surface area contributed by atoms with Crippen LogP contribution in [0, 0.1) is 5.41 Å². The van der Waals surface area contributed by atoms with E-state index in [0.717, 1.165) is 5.56 Å². The molecule has 1 aromatic carbocycles. The number of esters is 2. The van der Waals surface area contributed by atoms with Crippen LogP contribution in [0.5, 0.6) is 0 Å². The average molecular weight is 278 g/mol. The first kappa shape index (κ1) is 14.5. The molecule has 0 amide bonds. The van der Waals surface area contributed by atoms with E-state index in [0.29, 0.717) is 6.42 Å². The Bertz CT molecular complexity index is 480. The Hall–Kier alpha value is -1.88. The van der Waals surface area contributed by atoms with E-state index in [1.54, 1.807) is 0 Å². The number of aliphatic hydroxyl groups is 1. The summed E-state index contributed by atoms with van der Waals surface area (Å²) in [6.07, 6.45) is -0.390. The second-order valence-corrected chi connectivity index (χ2v) is 5.01. The highest BCUT2D eigenvalue weighted by Gasteiger charge is 2.60. The summed E-state index contributed by atoms with van der Waals surface area (Å²) >= 11 is 0. The molecular formula is C15H18O5. The van der Waals surface area contributed by atoms with Gasteiger partial charge >= 0.3 is 11.9 Å². The van der Waals surface area contributed by atoms with E-state index in [-0.39, 0.29) is 6.42 Å². The minimum absolute atomic E-state index is 0.0197. The first-order chi connectivity index (χ1) is 9.56. The lowest BCUT2D eigenvalue weighted by Gasteiger charge is -2.29. The Labute approximate surface area is 117 Å². The fourth-order valence-corrected chi connectivity index (χ4v) is 3.08. The smallest absolute Gasteiger partial charge is 0.323 e. The summed E-state index contributed by atoms with van der Waals surface area (Å²) in [6.45, 7) is 0. The highest BCUT2D eigenvalue weighted by molar-refractivity contribution is 6.01. The Balaban J connectivity index is 2.52. The van der Waals surface area contributed by atoms with E-state index in [1.807, 2.05) is 30.3 Å². The van der Waals surface area contributed by atoms with Crippen LogP contribution in [0.3, 0.4) is 0 Å². The molecule has 0 aliphatic heterocycles. The number of rotatable bonds is 3. The summed E-state index contributed by atoms with van der Waals surface area (Å²) in [5.41, 5.74) is -0.649. The molecule has 1 N–H and O–H groups in total. The molecule has 1 aliphatic rings. The number of methoxy groups -OCH3 is 2. The zero-order chi connectivity index (χ0) is 14.8. The van der Waals surface area contributed by atoms with Crippen LogP contribution in [0.25, 0.3) is 0 Å². The number of carbonyl (C=O) groups is 2. The molecule has 20 heavy (non-hydrogen) atoms. The molecular weight excluding hydrogens is 260 g/mol. The first-order valence-electron chi connectivity index (χ1n) is 6.46. The van der Waals surface area contributed by atoms with E-state index < -0.39 is 29.4 Å². The number of hydrogen-bond acceptors (Lipinski definition) is 5. The fraction of sp³-hybridized carbons (Fsp3) is 0.467. The van der Waals surface area contributed by atoms with Gasteiger partial charge in [-0.05, 0) is 12.0 Å². The number of benzene rings is 1. The molecule has 0 heterocycles. The summed E-state index contributed by atoms with van der Waals surface area (Å²) in [7, 11) is 2.47. The van der Waals surface area contributed by atoms with Gasteiger partial charge in [0.25, 0.3) is 0 Å². The predicted molar refractivity (Wildman–Crippen MR) is 70.9 cm³/mol. The molecule has 1 fully saturated rings. The molecule has 5 nitrogen and oxygen atoms in total. The summed E-state index contributed by atoms with van der Waals surface area (Å²) in [5, 5.41) is 9.97. The average Bonchev–Trinajstić information content (AvgIpc) is 2.85. The van der Waals surface area contributed by atoms with Crippen molar-refractivity contribution >= 4 is 11.9 Å². The van der Waals surface area contributed by atoms with Crippen molar-refractivity contribution in [1.82, 2.24) is 0 Å². The molecule has 0 radical (unpaired) electrons. The molecule has 1 aromatic rings. The largest absolute Gasteiger partial charge is 0.468 e. The van der Waals surface area contributed by atoms with Gasteiger partial charge in [0, 0.05) is 12.3 Å². The lowest BCUT2D eigenvalue weighted by atomic mass is 9.74. The van der Waals surface area contributed by atoms with Gasteiger partial charge in [-0.3, -0.25) is 9.59 Å². The van der Waals surface area contributed by atoms with Crippen molar-refractivity contribution in [3.8, 4) is 0 Å². The molecule has 108 valence electrons. The highest BCUT2D eigenvalue weighted by atomic mass is 16.5. The number of ether oxygens (including phenoxy) is 2. The van der Waals surface area contributed by atoms with Gasteiger partial charge < -0.3 is 14.6 Å². The van der Waals surface area contributed by atoms with Crippen molar-refractivity contribution in [3.05, 3.63) is 35.9 Å². The third kappa shape index (κ3) is 2.18. The minimum atomic E-state index is -1.47. The van der Waals surface area contributed by atoms with Gasteiger partial charge in [-0.1, -0.05) is 30.3 Å². The fourth-order valence-electron chi connectivity index (χ4n) is 3.08. The molecule has 2 atom stereocenters. The summed E-state index contributed by atoms with van der Waals surface area (Å²) in [6, 6.07) is 9.19. The van der Waals surface area contributed by atoms with E-state index in [2.05, 4.69) is 0 Å². The Kier molecular flexibility index (Phi) is 4.09. The van der Waals surface area contributed by atoms with Crippen molar-refractivity contribution in [3.63, 3.8) is 0 Å². The van der Waals surface area contributed by atoms with Crippen LogP contribution in [-0.2, 0) is 19.1 Å². The monoisotopic (exact) mass is 278 g/mol. The maximum absolute atomic E-state index is 12.2. The molecule has 0 unspecified atom stereocenters. The predicted octanol–water partition coefficient (Wildman–Crippen LogP) is 1.26. The van der Waals surface area contributed by atoms with E-state index in [1.165, 1.54) is 14.2 Å². The van der Waals surface area contributed by atoms with Crippen molar-refractivity contribution in [2.45, 2.75) is 24.9 Å². The SMILES string of the molecule is COC(=O)C1(C(=O)OC)C[C@H](O)C[C@@H]1c1ccccc1. The lowest BCUT2D eigenvalue weighted by Crippen LogP contribution is -2.43. The minimum Gasteiger partial charge on any atom is -0.468 e. The van der Waals surface area contributed by atoms with E-state index >= 15 is 0 Å². The van der Waals surface area contributed by atoms with Gasteiger partial charge in [0.1, 0.15) is 0 Å². The molecule has 2 rings (SSSR count). The van der Waals surface area contributed by atoms with Crippen molar-refractivity contribution in [2.75, 3.05) is 14.2 Å². The third-order valence-electron chi connectivity index (χ3n) is 3.96. The van der Waals surface area contributed by atoms with Gasteiger partial charge in [-0.15, -0.1) is 0 Å². The van der Waals surface area contributed by atoms with Gasteiger partial charge in [0.15, 0.2) is 5.41 Å². The van der Waals surface area contributed by atoms with Crippen LogP contribution in [0.1, 0.15) is 24.3 Å². The van der Waals surface area contributed by atoms with Crippen molar-refractivity contribution in [1.29, 1.82) is 0 Å². The van der Waals surface area contributed by atoms with Crippen LogP contribution < -0.4 is 0 Å². The molecule has 5 heteroatoms. The molecule has 0 aromatic heterocycles. The second-order valence-electron chi connectivity index (χ2n) is 5.01. The molecule has 1 aliphatic carbocycles. The first-order valence-corrected chi connectivity index (χ1v) is 6.46. The number of aliphatic hydroxyl groups excluding tert-OH is 1. The highest BCUT2D eigenvalue weighted by Crippen LogP contribution is 2.51. The summed E-state index contributed by atoms with van der Waals surface area (Å²) < 4.78 is 9.62. The molecule has 0 bridgehead atoms. The Morgan fingerprint density at radius 2 is 1.70 bits per heavy atom. The Morgan fingerprint density at radius 1 is 1.15 bits per heavy atom. The number of hydrogen-bond donors (Lipinski definition) is 1. The van der Waals surface area contributed by atoms with Gasteiger partial charge in [-0.2, -0.15) is 0 Å². The number of carbonyl (C=O) groups excluding carboxylic acids is 2. The zero-order valence-corrected chi connectivity index (χ0v) is 11.5. The standard InChI is InChI=1S/C15H18O5/c1-19-13(17)15(14(18)20-2)9-11(16)8-12(15)10-6-4-3-5-7-10/h3-7,11-12,16H,8-9H2,1-2H3/t11-,12-/m1/s1. The van der Waals surface area contributed by atoms with Gasteiger partial charge in [0.05, 0.1) is 20.3 Å². The summed E-state index contributed by atoms with van der Waals surface area (Å²) in [4.78, 5) is 24.5. The van der Waals surface area contributed by atoms with E-state index in [9.17, 15) is 14.7 Å². The Morgan fingerprint density at radius 3 is 2.20 bits per heavy atom. The lowest BCUT2D eigenvalue weighted by molar-refractivity contribution is -0.170. The van der Waals surface area contributed by atoms with Crippen molar-refractivity contribution < 1.29 is 24.2 Å². The van der Waals surface area contributed by atoms with Crippen LogP contribution in [0.15, 0.2) is 30.3 Å². The molecule has 0 spiro atoms. The quantitative estimate of drug-likeness (QED) is 0.665. The maximum Gasteiger partial charge on any atom is 0.323 e. The zero-order valence-electron chi connectivity index (χ0n) is 11.5. The van der Waals surface area contributed by atoms with Crippen molar-refractivity contribution in [2.24, 2.45) is 5.41 Å². The molecule has 1 saturated carbocycles. The normalized spacial score (nSPS) is 24.1. The topological polar surface area (TPSA) is 72.8 Å². The van der Waals surface area contributed by atoms with E-state index in [4.69, 9.17) is 9.47 Å². The van der Waals surface area contributed by atoms with Crippen LogP contribution in [0.4, 0.5) is 0 Å². The maximum atomic E-state index is 12.2. The van der Waals surface area contributed by atoms with Crippen LogP contribution in [0.2, 0.25) is 0 Å². The third-order valence-corrected chi connectivity index (χ3v) is 3.96. The molecule has 0 saturated heterocycles. The van der Waals surface area contributed by atoms with Gasteiger partial charge in [0.2, 0.25) is 0 Å².